The smallest absolute Gasteiger partial charge is 0.131 e. The van der Waals surface area contributed by atoms with E-state index in [1.807, 2.05) is 6.92 Å². The second-order valence-electron chi connectivity index (χ2n) is 4.01. The Labute approximate surface area is 110 Å². The molecular formula is C14H13ClFNO. The zero-order valence-electron chi connectivity index (χ0n) is 9.91. The molecule has 0 atom stereocenters. The molecule has 2 aromatic carbocycles. The van der Waals surface area contributed by atoms with Crippen LogP contribution in [0.5, 0.6) is 5.75 Å². The molecule has 0 saturated carbocycles. The van der Waals surface area contributed by atoms with E-state index < -0.39 is 0 Å². The van der Waals surface area contributed by atoms with Crippen molar-refractivity contribution < 1.29 is 9.13 Å². The Hall–Kier alpha value is -1.74. The summed E-state index contributed by atoms with van der Waals surface area (Å²) >= 11 is 5.92. The number of halogens is 2. The van der Waals surface area contributed by atoms with Gasteiger partial charge in [-0.2, -0.15) is 0 Å². The third-order valence-electron chi connectivity index (χ3n) is 2.63. The molecule has 0 heterocycles. The first-order valence-electron chi connectivity index (χ1n) is 5.50. The maximum absolute atomic E-state index is 13.5. The van der Waals surface area contributed by atoms with Crippen molar-refractivity contribution in [2.45, 2.75) is 13.5 Å². The van der Waals surface area contributed by atoms with Gasteiger partial charge in [-0.25, -0.2) is 4.39 Å². The van der Waals surface area contributed by atoms with Gasteiger partial charge in [0.05, 0.1) is 5.02 Å². The minimum atomic E-state index is -0.365. The number of benzene rings is 2. The normalized spacial score (nSPS) is 10.4. The SMILES string of the molecule is Cc1cc(N)ccc1OCc1c(F)cccc1Cl. The highest BCUT2D eigenvalue weighted by atomic mass is 35.5. The summed E-state index contributed by atoms with van der Waals surface area (Å²) in [5, 5.41) is 0.364. The van der Waals surface area contributed by atoms with Crippen LogP contribution in [0, 0.1) is 12.7 Å². The molecule has 0 aliphatic heterocycles. The van der Waals surface area contributed by atoms with Crippen molar-refractivity contribution in [3.63, 3.8) is 0 Å². The average Bonchev–Trinajstić information content (AvgIpc) is 2.31. The van der Waals surface area contributed by atoms with Crippen molar-refractivity contribution in [2.24, 2.45) is 0 Å². The molecule has 0 aliphatic rings. The molecule has 2 nitrogen and oxygen atoms in total. The van der Waals surface area contributed by atoms with Crippen LogP contribution in [-0.2, 0) is 6.61 Å². The van der Waals surface area contributed by atoms with Gasteiger partial charge in [0.1, 0.15) is 18.2 Å². The number of hydrogen-bond donors (Lipinski definition) is 1. The Morgan fingerprint density at radius 1 is 1.28 bits per heavy atom. The summed E-state index contributed by atoms with van der Waals surface area (Å²) in [6.45, 7) is 1.98. The molecule has 0 saturated heterocycles. The van der Waals surface area contributed by atoms with Crippen molar-refractivity contribution in [3.05, 3.63) is 58.4 Å². The van der Waals surface area contributed by atoms with Crippen molar-refractivity contribution in [1.82, 2.24) is 0 Å². The van der Waals surface area contributed by atoms with Crippen molar-refractivity contribution in [1.29, 1.82) is 0 Å². The van der Waals surface area contributed by atoms with Gasteiger partial charge in [0.15, 0.2) is 0 Å². The van der Waals surface area contributed by atoms with E-state index >= 15 is 0 Å². The number of hydrogen-bond acceptors (Lipinski definition) is 2. The monoisotopic (exact) mass is 265 g/mol. The van der Waals surface area contributed by atoms with Crippen LogP contribution in [0.1, 0.15) is 11.1 Å². The number of ether oxygens (including phenoxy) is 1. The summed E-state index contributed by atoms with van der Waals surface area (Å²) < 4.78 is 19.1. The molecule has 94 valence electrons. The summed E-state index contributed by atoms with van der Waals surface area (Å²) in [5.74, 6) is 0.305. The van der Waals surface area contributed by atoms with Crippen LogP contribution >= 0.6 is 11.6 Å². The van der Waals surface area contributed by atoms with Crippen LogP contribution < -0.4 is 10.5 Å². The van der Waals surface area contributed by atoms with Gasteiger partial charge in [0.25, 0.3) is 0 Å². The van der Waals surface area contributed by atoms with Crippen molar-refractivity contribution in [2.75, 3.05) is 5.73 Å². The molecule has 0 unspecified atom stereocenters. The molecular weight excluding hydrogens is 253 g/mol. The highest BCUT2D eigenvalue weighted by molar-refractivity contribution is 6.31. The highest BCUT2D eigenvalue weighted by Crippen LogP contribution is 2.24. The molecule has 2 rings (SSSR count). The Bertz CT molecular complexity index is 551. The maximum atomic E-state index is 13.5. The predicted molar refractivity (Wildman–Crippen MR) is 71.3 cm³/mol. The fraction of sp³-hybridized carbons (Fsp3) is 0.143. The van der Waals surface area contributed by atoms with E-state index in [-0.39, 0.29) is 12.4 Å². The van der Waals surface area contributed by atoms with Crippen LogP contribution in [0.2, 0.25) is 5.02 Å². The van der Waals surface area contributed by atoms with E-state index in [1.54, 1.807) is 30.3 Å². The second-order valence-corrected chi connectivity index (χ2v) is 4.42. The average molecular weight is 266 g/mol. The van der Waals surface area contributed by atoms with E-state index in [1.165, 1.54) is 6.07 Å². The zero-order valence-corrected chi connectivity index (χ0v) is 10.7. The predicted octanol–water partition coefficient (Wildman–Crippen LogP) is 3.95. The van der Waals surface area contributed by atoms with Gasteiger partial charge in [-0.3, -0.25) is 0 Å². The Morgan fingerprint density at radius 2 is 2.06 bits per heavy atom. The molecule has 0 radical (unpaired) electrons. The molecule has 0 spiro atoms. The van der Waals surface area contributed by atoms with E-state index in [2.05, 4.69) is 0 Å². The summed E-state index contributed by atoms with van der Waals surface area (Å²) in [7, 11) is 0. The van der Waals surface area contributed by atoms with Crippen molar-refractivity contribution >= 4 is 17.3 Å². The minimum Gasteiger partial charge on any atom is -0.488 e. The fourth-order valence-electron chi connectivity index (χ4n) is 1.65. The first-order chi connectivity index (χ1) is 8.58. The van der Waals surface area contributed by atoms with Crippen LogP contribution in [-0.4, -0.2) is 0 Å². The lowest BCUT2D eigenvalue weighted by Gasteiger charge is -2.11. The molecule has 2 N–H and O–H groups in total. The summed E-state index contributed by atoms with van der Waals surface area (Å²) in [6.07, 6.45) is 0. The zero-order chi connectivity index (χ0) is 13.1. The van der Waals surface area contributed by atoms with Gasteiger partial charge in [-0.1, -0.05) is 17.7 Å². The summed E-state index contributed by atoms with van der Waals surface area (Å²) in [5.41, 5.74) is 7.58. The van der Waals surface area contributed by atoms with Crippen molar-refractivity contribution in [3.8, 4) is 5.75 Å². The largest absolute Gasteiger partial charge is 0.488 e. The van der Waals surface area contributed by atoms with Gasteiger partial charge in [0.2, 0.25) is 0 Å². The number of nitrogen functional groups attached to an aromatic ring is 1. The number of aryl methyl sites for hydroxylation is 1. The van der Waals surface area contributed by atoms with Gasteiger partial charge in [-0.15, -0.1) is 0 Å². The van der Waals surface area contributed by atoms with E-state index in [0.29, 0.717) is 22.0 Å². The molecule has 0 aromatic heterocycles. The number of anilines is 1. The standard InChI is InChI=1S/C14H13ClFNO/c1-9-7-10(17)5-6-14(9)18-8-11-12(15)3-2-4-13(11)16/h2-7H,8,17H2,1H3. The van der Waals surface area contributed by atoms with Crippen LogP contribution in [0.4, 0.5) is 10.1 Å². The Kier molecular flexibility index (Phi) is 3.72. The van der Waals surface area contributed by atoms with Gasteiger partial charge in [-0.05, 0) is 42.8 Å². The van der Waals surface area contributed by atoms with Crippen LogP contribution in [0.25, 0.3) is 0 Å². The van der Waals surface area contributed by atoms with Crippen LogP contribution in [0.3, 0.4) is 0 Å². The maximum Gasteiger partial charge on any atom is 0.131 e. The fourth-order valence-corrected chi connectivity index (χ4v) is 1.87. The lowest BCUT2D eigenvalue weighted by atomic mass is 10.2. The van der Waals surface area contributed by atoms with Gasteiger partial charge < -0.3 is 10.5 Å². The molecule has 0 fully saturated rings. The molecule has 0 amide bonds. The topological polar surface area (TPSA) is 35.2 Å². The third-order valence-corrected chi connectivity index (χ3v) is 2.99. The third kappa shape index (κ3) is 2.74. The van der Waals surface area contributed by atoms with Gasteiger partial charge in [0, 0.05) is 11.3 Å². The van der Waals surface area contributed by atoms with E-state index in [9.17, 15) is 4.39 Å². The summed E-state index contributed by atoms with van der Waals surface area (Å²) in [4.78, 5) is 0. The molecule has 0 bridgehead atoms. The van der Waals surface area contributed by atoms with E-state index in [4.69, 9.17) is 22.1 Å². The lowest BCUT2D eigenvalue weighted by molar-refractivity contribution is 0.298. The highest BCUT2D eigenvalue weighted by Gasteiger charge is 2.08. The molecule has 2 aromatic rings. The molecule has 18 heavy (non-hydrogen) atoms. The second kappa shape index (κ2) is 5.27. The molecule has 4 heteroatoms. The Balaban J connectivity index is 2.16. The van der Waals surface area contributed by atoms with Gasteiger partial charge >= 0.3 is 0 Å². The first kappa shape index (κ1) is 12.7. The minimum absolute atomic E-state index is 0.0935. The first-order valence-corrected chi connectivity index (χ1v) is 5.87. The van der Waals surface area contributed by atoms with Crippen LogP contribution in [0.15, 0.2) is 36.4 Å². The summed E-state index contributed by atoms with van der Waals surface area (Å²) in [6, 6.07) is 9.87. The number of nitrogens with two attached hydrogens (primary N) is 1. The lowest BCUT2D eigenvalue weighted by Crippen LogP contribution is -2.01. The number of rotatable bonds is 3. The quantitative estimate of drug-likeness (QED) is 0.853. The molecule has 0 aliphatic carbocycles. The van der Waals surface area contributed by atoms with E-state index in [0.717, 1.165) is 5.56 Å². The Morgan fingerprint density at radius 3 is 2.72 bits per heavy atom.